The monoisotopic (exact) mass is 270 g/mol. The third-order valence-electron chi connectivity index (χ3n) is 2.92. The summed E-state index contributed by atoms with van der Waals surface area (Å²) in [7, 11) is -1.43. The van der Waals surface area contributed by atoms with Crippen LogP contribution in [-0.4, -0.2) is 34.8 Å². The van der Waals surface area contributed by atoms with Gasteiger partial charge in [-0.1, -0.05) is 25.1 Å². The molecule has 0 aliphatic rings. The van der Waals surface area contributed by atoms with Crippen LogP contribution in [-0.2, 0) is 16.4 Å². The van der Waals surface area contributed by atoms with E-state index in [1.54, 1.807) is 0 Å². The molecule has 102 valence electrons. The molecule has 0 fully saturated rings. The minimum absolute atomic E-state index is 0.452. The van der Waals surface area contributed by atoms with E-state index in [0.29, 0.717) is 13.1 Å². The van der Waals surface area contributed by atoms with Crippen LogP contribution in [0.25, 0.3) is 0 Å². The second-order valence-electron chi connectivity index (χ2n) is 4.37. The first kappa shape index (κ1) is 15.0. The Labute approximate surface area is 110 Å². The summed E-state index contributed by atoms with van der Waals surface area (Å²) in [6, 6.07) is 5.90. The van der Waals surface area contributed by atoms with Crippen molar-refractivity contribution in [2.75, 3.05) is 30.7 Å². The topological polar surface area (TPSA) is 49.4 Å². The quantitative estimate of drug-likeness (QED) is 0.853. The van der Waals surface area contributed by atoms with Crippen LogP contribution in [0.3, 0.4) is 0 Å². The van der Waals surface area contributed by atoms with Crippen LogP contribution < -0.4 is 9.62 Å². The van der Waals surface area contributed by atoms with Crippen LogP contribution in [0.4, 0.5) is 5.69 Å². The van der Waals surface area contributed by atoms with Gasteiger partial charge in [-0.25, -0.2) is 8.42 Å². The van der Waals surface area contributed by atoms with Crippen LogP contribution in [0, 0.1) is 6.92 Å². The molecule has 4 nitrogen and oxygen atoms in total. The Morgan fingerprint density at radius 2 is 2.00 bits per heavy atom. The number of para-hydroxylation sites is 1. The molecular formula is C13H22N2O2S. The van der Waals surface area contributed by atoms with Crippen molar-refractivity contribution in [3.63, 3.8) is 0 Å². The van der Waals surface area contributed by atoms with Crippen molar-refractivity contribution in [2.24, 2.45) is 0 Å². The Morgan fingerprint density at radius 1 is 1.33 bits per heavy atom. The maximum atomic E-state index is 12.0. The molecule has 1 N–H and O–H groups in total. The van der Waals surface area contributed by atoms with Gasteiger partial charge < -0.3 is 5.32 Å². The van der Waals surface area contributed by atoms with E-state index in [0.717, 1.165) is 23.2 Å². The highest BCUT2D eigenvalue weighted by atomic mass is 32.2. The minimum atomic E-state index is -3.25. The lowest BCUT2D eigenvalue weighted by Gasteiger charge is -2.26. The van der Waals surface area contributed by atoms with Crippen molar-refractivity contribution < 1.29 is 8.42 Å². The molecule has 0 saturated carbocycles. The molecule has 0 bridgehead atoms. The molecule has 1 aromatic rings. The first-order chi connectivity index (χ1) is 8.41. The molecule has 1 rings (SSSR count). The summed E-state index contributed by atoms with van der Waals surface area (Å²) in [6.45, 7) is 5.07. The SMILES string of the molecule is CCc1cccc(C)c1N(CCNC)S(C)(=O)=O. The fraction of sp³-hybridized carbons (Fsp3) is 0.538. The maximum Gasteiger partial charge on any atom is 0.232 e. The van der Waals surface area contributed by atoms with Gasteiger partial charge in [-0.05, 0) is 31.5 Å². The largest absolute Gasteiger partial charge is 0.318 e. The molecule has 0 unspecified atom stereocenters. The van der Waals surface area contributed by atoms with Gasteiger partial charge in [0.15, 0.2) is 0 Å². The number of nitrogens with one attached hydrogen (secondary N) is 1. The number of aryl methyl sites for hydroxylation is 2. The zero-order valence-electron chi connectivity index (χ0n) is 11.5. The van der Waals surface area contributed by atoms with E-state index < -0.39 is 10.0 Å². The van der Waals surface area contributed by atoms with E-state index in [4.69, 9.17) is 0 Å². The van der Waals surface area contributed by atoms with E-state index in [9.17, 15) is 8.42 Å². The molecule has 0 heterocycles. The molecule has 1 aromatic carbocycles. The zero-order chi connectivity index (χ0) is 13.8. The summed E-state index contributed by atoms with van der Waals surface area (Å²) in [4.78, 5) is 0. The fourth-order valence-corrected chi connectivity index (χ4v) is 3.03. The van der Waals surface area contributed by atoms with Crippen LogP contribution in [0.15, 0.2) is 18.2 Å². The number of hydrogen-bond donors (Lipinski definition) is 1. The zero-order valence-corrected chi connectivity index (χ0v) is 12.3. The van der Waals surface area contributed by atoms with Gasteiger partial charge in [0.2, 0.25) is 10.0 Å². The number of sulfonamides is 1. The summed E-state index contributed by atoms with van der Waals surface area (Å²) in [5.41, 5.74) is 2.89. The minimum Gasteiger partial charge on any atom is -0.318 e. The predicted octanol–water partition coefficient (Wildman–Crippen LogP) is 1.54. The molecule has 0 aromatic heterocycles. The van der Waals surface area contributed by atoms with Crippen molar-refractivity contribution in [1.29, 1.82) is 0 Å². The Morgan fingerprint density at radius 3 is 2.50 bits per heavy atom. The summed E-state index contributed by atoms with van der Waals surface area (Å²) in [5, 5.41) is 2.99. The molecule has 0 aliphatic heterocycles. The van der Waals surface area contributed by atoms with Gasteiger partial charge in [0.1, 0.15) is 0 Å². The Bertz CT molecular complexity index is 498. The molecular weight excluding hydrogens is 248 g/mol. The lowest BCUT2D eigenvalue weighted by molar-refractivity contribution is 0.595. The highest BCUT2D eigenvalue weighted by molar-refractivity contribution is 7.92. The smallest absolute Gasteiger partial charge is 0.232 e. The van der Waals surface area contributed by atoms with E-state index in [-0.39, 0.29) is 0 Å². The van der Waals surface area contributed by atoms with Crippen molar-refractivity contribution in [2.45, 2.75) is 20.3 Å². The van der Waals surface area contributed by atoms with Gasteiger partial charge in [0.05, 0.1) is 11.9 Å². The average Bonchev–Trinajstić information content (AvgIpc) is 2.29. The molecule has 18 heavy (non-hydrogen) atoms. The standard InChI is InChI=1S/C13H22N2O2S/c1-5-12-8-6-7-11(2)13(12)15(10-9-14-3)18(4,16)17/h6-8,14H,5,9-10H2,1-4H3. The summed E-state index contributed by atoms with van der Waals surface area (Å²) < 4.78 is 25.4. The number of benzene rings is 1. The van der Waals surface area contributed by atoms with Crippen LogP contribution in [0.1, 0.15) is 18.1 Å². The fourth-order valence-electron chi connectivity index (χ4n) is 2.02. The predicted molar refractivity (Wildman–Crippen MR) is 76.7 cm³/mol. The highest BCUT2D eigenvalue weighted by Crippen LogP contribution is 2.27. The van der Waals surface area contributed by atoms with Crippen molar-refractivity contribution >= 4 is 15.7 Å². The van der Waals surface area contributed by atoms with E-state index in [2.05, 4.69) is 5.32 Å². The summed E-state index contributed by atoms with van der Waals surface area (Å²) in [6.07, 6.45) is 2.08. The normalized spacial score (nSPS) is 11.6. The Kier molecular flexibility index (Phi) is 5.16. The van der Waals surface area contributed by atoms with E-state index in [1.165, 1.54) is 10.6 Å². The van der Waals surface area contributed by atoms with Crippen molar-refractivity contribution in [1.82, 2.24) is 5.32 Å². The maximum absolute atomic E-state index is 12.0. The number of likely N-dealkylation sites (N-methyl/N-ethyl adjacent to an activating group) is 1. The summed E-state index contributed by atoms with van der Waals surface area (Å²) >= 11 is 0. The van der Waals surface area contributed by atoms with Crippen LogP contribution in [0.5, 0.6) is 0 Å². The number of rotatable bonds is 6. The first-order valence-electron chi connectivity index (χ1n) is 6.12. The first-order valence-corrected chi connectivity index (χ1v) is 7.97. The lowest BCUT2D eigenvalue weighted by atomic mass is 10.1. The highest BCUT2D eigenvalue weighted by Gasteiger charge is 2.20. The molecule has 0 spiro atoms. The molecule has 5 heteroatoms. The van der Waals surface area contributed by atoms with E-state index >= 15 is 0 Å². The van der Waals surface area contributed by atoms with Crippen LogP contribution >= 0.6 is 0 Å². The average molecular weight is 270 g/mol. The van der Waals surface area contributed by atoms with Gasteiger partial charge in [-0.2, -0.15) is 0 Å². The van der Waals surface area contributed by atoms with Gasteiger partial charge in [-0.15, -0.1) is 0 Å². The van der Waals surface area contributed by atoms with Gasteiger partial charge in [0, 0.05) is 13.1 Å². The Hall–Kier alpha value is -1.07. The van der Waals surface area contributed by atoms with Crippen LogP contribution in [0.2, 0.25) is 0 Å². The number of hydrogen-bond acceptors (Lipinski definition) is 3. The Balaban J connectivity index is 3.29. The molecule has 0 atom stereocenters. The third-order valence-corrected chi connectivity index (χ3v) is 4.08. The second-order valence-corrected chi connectivity index (χ2v) is 6.28. The number of nitrogens with zero attached hydrogens (tertiary/aromatic N) is 1. The van der Waals surface area contributed by atoms with Crippen molar-refractivity contribution in [3.05, 3.63) is 29.3 Å². The second kappa shape index (κ2) is 6.20. The summed E-state index contributed by atoms with van der Waals surface area (Å²) in [5.74, 6) is 0. The van der Waals surface area contributed by atoms with Gasteiger partial charge in [0.25, 0.3) is 0 Å². The number of anilines is 1. The van der Waals surface area contributed by atoms with Crippen molar-refractivity contribution in [3.8, 4) is 0 Å². The lowest BCUT2D eigenvalue weighted by Crippen LogP contribution is -2.36. The molecule has 0 amide bonds. The van der Waals surface area contributed by atoms with E-state index in [1.807, 2.05) is 39.1 Å². The van der Waals surface area contributed by atoms with Gasteiger partial charge in [-0.3, -0.25) is 4.31 Å². The third kappa shape index (κ3) is 3.46. The molecule has 0 saturated heterocycles. The molecule has 0 aliphatic carbocycles. The molecule has 0 radical (unpaired) electrons. The van der Waals surface area contributed by atoms with Gasteiger partial charge >= 0.3 is 0 Å².